The fourth-order valence-electron chi connectivity index (χ4n) is 2.45. The van der Waals surface area contributed by atoms with Crippen LogP contribution in [-0.4, -0.2) is 40.1 Å². The second-order valence-corrected chi connectivity index (χ2v) is 6.23. The van der Waals surface area contributed by atoms with Crippen LogP contribution in [0.25, 0.3) is 16.6 Å². The highest BCUT2D eigenvalue weighted by atomic mass is 32.2. The SMILES string of the molecule is COC(=O)c1ccc2c(=O)n(-c3ccccc3)c(SCCO)nc2c1. The molecule has 0 aliphatic carbocycles. The first kappa shape index (κ1) is 17.2. The lowest BCUT2D eigenvalue weighted by molar-refractivity contribution is 0.0601. The number of benzene rings is 2. The third-order valence-electron chi connectivity index (χ3n) is 3.60. The highest BCUT2D eigenvalue weighted by molar-refractivity contribution is 7.99. The summed E-state index contributed by atoms with van der Waals surface area (Å²) in [4.78, 5) is 29.2. The molecule has 0 spiro atoms. The standard InChI is InChI=1S/C18H16N2O4S/c1-24-17(23)12-7-8-14-15(11-12)19-18(25-10-9-21)20(16(14)22)13-5-3-2-4-6-13/h2-8,11,21H,9-10H2,1H3. The molecule has 3 aromatic rings. The molecule has 0 aliphatic heterocycles. The molecular weight excluding hydrogens is 340 g/mol. The van der Waals surface area contributed by atoms with Gasteiger partial charge in [0.1, 0.15) is 0 Å². The van der Waals surface area contributed by atoms with E-state index in [-0.39, 0.29) is 12.2 Å². The van der Waals surface area contributed by atoms with Crippen LogP contribution in [0.4, 0.5) is 0 Å². The Morgan fingerprint density at radius 3 is 2.68 bits per heavy atom. The first-order valence-electron chi connectivity index (χ1n) is 7.60. The van der Waals surface area contributed by atoms with E-state index >= 15 is 0 Å². The van der Waals surface area contributed by atoms with Crippen molar-refractivity contribution in [2.24, 2.45) is 0 Å². The number of methoxy groups -OCH3 is 1. The largest absolute Gasteiger partial charge is 0.465 e. The van der Waals surface area contributed by atoms with E-state index in [2.05, 4.69) is 4.98 Å². The molecule has 128 valence electrons. The Morgan fingerprint density at radius 1 is 1.24 bits per heavy atom. The molecule has 2 aromatic carbocycles. The average molecular weight is 356 g/mol. The van der Waals surface area contributed by atoms with E-state index in [9.17, 15) is 9.59 Å². The van der Waals surface area contributed by atoms with Crippen LogP contribution < -0.4 is 5.56 Å². The van der Waals surface area contributed by atoms with Gasteiger partial charge in [-0.2, -0.15) is 0 Å². The summed E-state index contributed by atoms with van der Waals surface area (Å²) in [5.41, 5.74) is 1.21. The Balaban J connectivity index is 2.25. The van der Waals surface area contributed by atoms with Gasteiger partial charge in [0, 0.05) is 5.75 Å². The summed E-state index contributed by atoms with van der Waals surface area (Å²) in [6.45, 7) is -0.0322. The summed E-state index contributed by atoms with van der Waals surface area (Å²) < 4.78 is 6.23. The Labute approximate surface area is 148 Å². The molecule has 0 fully saturated rings. The van der Waals surface area contributed by atoms with E-state index in [0.717, 1.165) is 0 Å². The average Bonchev–Trinajstić information content (AvgIpc) is 2.66. The smallest absolute Gasteiger partial charge is 0.337 e. The minimum absolute atomic E-state index is 0.0322. The maximum Gasteiger partial charge on any atom is 0.337 e. The Bertz CT molecular complexity index is 970. The third-order valence-corrected chi connectivity index (χ3v) is 4.52. The Kier molecular flexibility index (Phi) is 5.16. The monoisotopic (exact) mass is 356 g/mol. The Morgan fingerprint density at radius 2 is 2.00 bits per heavy atom. The zero-order chi connectivity index (χ0) is 17.8. The molecule has 6 nitrogen and oxygen atoms in total. The molecule has 3 rings (SSSR count). The number of ether oxygens (including phenoxy) is 1. The number of carbonyl (C=O) groups is 1. The van der Waals surface area contributed by atoms with Crippen LogP contribution in [-0.2, 0) is 4.74 Å². The number of esters is 1. The van der Waals surface area contributed by atoms with Crippen molar-refractivity contribution in [2.45, 2.75) is 5.16 Å². The number of para-hydroxylation sites is 1. The van der Waals surface area contributed by atoms with Gasteiger partial charge in [-0.15, -0.1) is 0 Å². The van der Waals surface area contributed by atoms with E-state index in [1.165, 1.54) is 23.4 Å². The van der Waals surface area contributed by atoms with Crippen LogP contribution in [0.5, 0.6) is 0 Å². The number of aromatic nitrogens is 2. The minimum Gasteiger partial charge on any atom is -0.465 e. The number of hydrogen-bond donors (Lipinski definition) is 1. The summed E-state index contributed by atoms with van der Waals surface area (Å²) in [7, 11) is 1.30. The van der Waals surface area contributed by atoms with Gasteiger partial charge >= 0.3 is 5.97 Å². The molecule has 0 saturated carbocycles. The summed E-state index contributed by atoms with van der Waals surface area (Å²) in [6, 6.07) is 13.9. The predicted molar refractivity (Wildman–Crippen MR) is 96.5 cm³/mol. The maximum absolute atomic E-state index is 13.0. The number of thioether (sulfide) groups is 1. The number of carbonyl (C=O) groups excluding carboxylic acids is 1. The molecule has 1 heterocycles. The van der Waals surface area contributed by atoms with Crippen molar-refractivity contribution in [3.05, 3.63) is 64.4 Å². The number of hydrogen-bond acceptors (Lipinski definition) is 6. The second-order valence-electron chi connectivity index (χ2n) is 5.17. The lowest BCUT2D eigenvalue weighted by Gasteiger charge is -2.13. The summed E-state index contributed by atoms with van der Waals surface area (Å²) in [5, 5.41) is 9.99. The van der Waals surface area contributed by atoms with Gasteiger partial charge in [0.05, 0.1) is 35.9 Å². The normalized spacial score (nSPS) is 10.8. The van der Waals surface area contributed by atoms with Crippen molar-refractivity contribution in [2.75, 3.05) is 19.5 Å². The van der Waals surface area contributed by atoms with Crippen molar-refractivity contribution in [1.82, 2.24) is 9.55 Å². The van der Waals surface area contributed by atoms with Gasteiger partial charge in [0.15, 0.2) is 5.16 Å². The van der Waals surface area contributed by atoms with Gasteiger partial charge in [0.2, 0.25) is 0 Å². The van der Waals surface area contributed by atoms with Gasteiger partial charge in [-0.25, -0.2) is 9.78 Å². The van der Waals surface area contributed by atoms with Gasteiger partial charge < -0.3 is 9.84 Å². The molecule has 0 unspecified atom stereocenters. The fourth-order valence-corrected chi connectivity index (χ4v) is 3.20. The molecule has 25 heavy (non-hydrogen) atoms. The molecule has 0 radical (unpaired) electrons. The van der Waals surface area contributed by atoms with E-state index in [1.807, 2.05) is 30.3 Å². The molecule has 0 atom stereocenters. The van der Waals surface area contributed by atoms with Crippen LogP contribution in [0, 0.1) is 0 Å². The summed E-state index contributed by atoms with van der Waals surface area (Å²) >= 11 is 1.28. The molecule has 0 amide bonds. The molecule has 1 N–H and O–H groups in total. The molecule has 0 aliphatic rings. The Hall–Kier alpha value is -2.64. The third kappa shape index (κ3) is 3.42. The van der Waals surface area contributed by atoms with Crippen molar-refractivity contribution >= 4 is 28.6 Å². The summed E-state index contributed by atoms with van der Waals surface area (Å²) in [6.07, 6.45) is 0. The van der Waals surface area contributed by atoms with Gasteiger partial charge in [-0.05, 0) is 30.3 Å². The molecule has 0 saturated heterocycles. The topological polar surface area (TPSA) is 81.4 Å². The van der Waals surface area contributed by atoms with Crippen LogP contribution in [0.3, 0.4) is 0 Å². The number of fused-ring (bicyclic) bond motifs is 1. The van der Waals surface area contributed by atoms with E-state index in [4.69, 9.17) is 9.84 Å². The first-order valence-corrected chi connectivity index (χ1v) is 8.58. The zero-order valence-corrected chi connectivity index (χ0v) is 14.3. The predicted octanol–water partition coefficient (Wildman–Crippen LogP) is 2.26. The first-order chi connectivity index (χ1) is 12.2. The van der Waals surface area contributed by atoms with Crippen LogP contribution in [0.2, 0.25) is 0 Å². The number of nitrogens with zero attached hydrogens (tertiary/aromatic N) is 2. The lowest BCUT2D eigenvalue weighted by atomic mass is 10.1. The maximum atomic E-state index is 13.0. The number of aliphatic hydroxyl groups excluding tert-OH is 1. The molecular formula is C18H16N2O4S. The lowest BCUT2D eigenvalue weighted by Crippen LogP contribution is -2.22. The zero-order valence-electron chi connectivity index (χ0n) is 13.5. The quantitative estimate of drug-likeness (QED) is 0.429. The number of rotatable bonds is 5. The van der Waals surface area contributed by atoms with Gasteiger partial charge in [-0.1, -0.05) is 30.0 Å². The van der Waals surface area contributed by atoms with Gasteiger partial charge in [0.25, 0.3) is 5.56 Å². The highest BCUT2D eigenvalue weighted by Gasteiger charge is 2.15. The second kappa shape index (κ2) is 7.50. The van der Waals surface area contributed by atoms with E-state index in [0.29, 0.717) is 33.1 Å². The highest BCUT2D eigenvalue weighted by Crippen LogP contribution is 2.21. The van der Waals surface area contributed by atoms with Crippen molar-refractivity contribution < 1.29 is 14.6 Å². The number of aliphatic hydroxyl groups is 1. The van der Waals surface area contributed by atoms with Crippen LogP contribution in [0.1, 0.15) is 10.4 Å². The van der Waals surface area contributed by atoms with Crippen LogP contribution in [0.15, 0.2) is 58.5 Å². The minimum atomic E-state index is -0.486. The van der Waals surface area contributed by atoms with E-state index in [1.54, 1.807) is 18.2 Å². The molecule has 0 bridgehead atoms. The van der Waals surface area contributed by atoms with Crippen LogP contribution >= 0.6 is 11.8 Å². The van der Waals surface area contributed by atoms with Crippen molar-refractivity contribution in [3.63, 3.8) is 0 Å². The van der Waals surface area contributed by atoms with Crippen molar-refractivity contribution in [3.8, 4) is 5.69 Å². The van der Waals surface area contributed by atoms with E-state index < -0.39 is 5.97 Å². The summed E-state index contributed by atoms with van der Waals surface area (Å²) in [5.74, 6) is -0.0814. The van der Waals surface area contributed by atoms with Gasteiger partial charge in [-0.3, -0.25) is 9.36 Å². The van der Waals surface area contributed by atoms with Crippen molar-refractivity contribution in [1.29, 1.82) is 0 Å². The molecule has 1 aromatic heterocycles. The molecule has 7 heteroatoms. The fraction of sp³-hybridized carbons (Fsp3) is 0.167.